The Balaban J connectivity index is 2.32. The summed E-state index contributed by atoms with van der Waals surface area (Å²) in [6.07, 6.45) is 41.1. The Morgan fingerprint density at radius 3 is 1.33 bits per heavy atom. The van der Waals surface area contributed by atoms with Gasteiger partial charge in [-0.3, -0.25) is 9.59 Å². The molecule has 67 heavy (non-hydrogen) atoms. The summed E-state index contributed by atoms with van der Waals surface area (Å²) in [4.78, 5) is 24.9. The van der Waals surface area contributed by atoms with Crippen molar-refractivity contribution >= 4 is 20.5 Å². The van der Waals surface area contributed by atoms with Gasteiger partial charge in [0.15, 0.2) is 0 Å². The number of benzene rings is 1. The summed E-state index contributed by atoms with van der Waals surface area (Å²) >= 11 is 0. The van der Waals surface area contributed by atoms with Crippen molar-refractivity contribution in [2.75, 3.05) is 40.6 Å². The molecule has 0 heterocycles. The lowest BCUT2D eigenvalue weighted by atomic mass is 9.81. The van der Waals surface area contributed by atoms with Crippen LogP contribution in [-0.4, -0.2) is 52.6 Å². The molecule has 0 saturated carbocycles. The molecule has 1 aromatic rings. The van der Waals surface area contributed by atoms with Crippen LogP contribution < -0.4 is 0 Å². The molecule has 0 aliphatic carbocycles. The number of ether oxygens (including phenoxy) is 3. The SMILES string of the molecule is C=C/C=C\C(OP(OCCCCCCCCCCCc1cc(CC(C)(C)C(=O)OC)cc(CC(C)(C)C(=O)OC)c1)OCCCOCCCCCCCCCCCCCCCCCC)=C(C)C. The van der Waals surface area contributed by atoms with Crippen LogP contribution in [0.1, 0.15) is 232 Å². The molecule has 386 valence electrons. The molecule has 1 aromatic carbocycles. The fraction of sp³-hybridized carbons (Fsp3) is 0.759. The molecule has 0 fully saturated rings. The van der Waals surface area contributed by atoms with E-state index < -0.39 is 19.4 Å². The Bertz CT molecular complexity index is 1430. The molecule has 0 bridgehead atoms. The fourth-order valence-corrected chi connectivity index (χ4v) is 9.62. The average molecular weight is 957 g/mol. The van der Waals surface area contributed by atoms with E-state index in [1.807, 2.05) is 53.7 Å². The van der Waals surface area contributed by atoms with E-state index in [2.05, 4.69) is 31.7 Å². The Hall–Kier alpha value is -2.51. The van der Waals surface area contributed by atoms with Gasteiger partial charge in [0.05, 0.1) is 38.3 Å². The molecular formula is C58H101O8P. The van der Waals surface area contributed by atoms with Crippen molar-refractivity contribution in [2.24, 2.45) is 10.8 Å². The van der Waals surface area contributed by atoms with Gasteiger partial charge in [-0.25, -0.2) is 0 Å². The number of hydrogen-bond donors (Lipinski definition) is 0. The Morgan fingerprint density at radius 2 is 0.910 bits per heavy atom. The number of carbonyl (C=O) groups excluding carboxylic acids is 2. The van der Waals surface area contributed by atoms with Crippen LogP contribution in [0.15, 0.2) is 54.3 Å². The molecule has 0 amide bonds. The zero-order chi connectivity index (χ0) is 49.4. The monoisotopic (exact) mass is 957 g/mol. The minimum Gasteiger partial charge on any atom is -0.469 e. The van der Waals surface area contributed by atoms with E-state index in [-0.39, 0.29) is 11.9 Å². The summed E-state index contributed by atoms with van der Waals surface area (Å²) in [7, 11) is 1.37. The maximum atomic E-state index is 12.5. The zero-order valence-electron chi connectivity index (χ0n) is 44.7. The number of aryl methyl sites for hydroxylation is 1. The first-order valence-electron chi connectivity index (χ1n) is 26.9. The number of esters is 2. The maximum absolute atomic E-state index is 12.5. The molecule has 0 radical (unpaired) electrons. The van der Waals surface area contributed by atoms with Crippen molar-refractivity contribution in [2.45, 2.75) is 235 Å². The first kappa shape index (κ1) is 62.5. The van der Waals surface area contributed by atoms with Crippen molar-refractivity contribution in [1.82, 2.24) is 0 Å². The predicted molar refractivity (Wildman–Crippen MR) is 283 cm³/mol. The van der Waals surface area contributed by atoms with E-state index in [0.717, 1.165) is 67.6 Å². The molecule has 9 heteroatoms. The topological polar surface area (TPSA) is 89.5 Å². The van der Waals surface area contributed by atoms with Gasteiger partial charge in [0.25, 0.3) is 0 Å². The van der Waals surface area contributed by atoms with Crippen molar-refractivity contribution in [1.29, 1.82) is 0 Å². The smallest absolute Gasteiger partial charge is 0.397 e. The normalized spacial score (nSPS) is 12.4. The fourth-order valence-electron chi connectivity index (χ4n) is 8.48. The van der Waals surface area contributed by atoms with Crippen LogP contribution in [0.5, 0.6) is 0 Å². The first-order chi connectivity index (χ1) is 32.3. The molecule has 1 unspecified atom stereocenters. The number of methoxy groups -OCH3 is 2. The highest BCUT2D eigenvalue weighted by molar-refractivity contribution is 7.41. The Labute approximate surface area is 413 Å². The molecular weight excluding hydrogens is 856 g/mol. The van der Waals surface area contributed by atoms with Gasteiger partial charge < -0.3 is 27.8 Å². The summed E-state index contributed by atoms with van der Waals surface area (Å²) in [5.74, 6) is 0.324. The van der Waals surface area contributed by atoms with Crippen molar-refractivity contribution < 1.29 is 37.4 Å². The van der Waals surface area contributed by atoms with Gasteiger partial charge in [-0.1, -0.05) is 185 Å². The molecule has 0 spiro atoms. The van der Waals surface area contributed by atoms with E-state index in [4.69, 9.17) is 27.8 Å². The van der Waals surface area contributed by atoms with E-state index in [1.54, 1.807) is 6.08 Å². The molecule has 0 saturated heterocycles. The molecule has 0 aliphatic heterocycles. The summed E-state index contributed by atoms with van der Waals surface area (Å²) in [6, 6.07) is 6.59. The van der Waals surface area contributed by atoms with Crippen LogP contribution in [0.3, 0.4) is 0 Å². The minimum absolute atomic E-state index is 0.222. The minimum atomic E-state index is -1.51. The van der Waals surface area contributed by atoms with Gasteiger partial charge in [-0.15, -0.1) is 0 Å². The van der Waals surface area contributed by atoms with Gasteiger partial charge in [-0.2, -0.15) is 0 Å². The quantitative estimate of drug-likeness (QED) is 0.0210. The standard InChI is InChI=1S/C58H101O8P/c1-11-13-15-16-17-18-19-20-21-22-23-24-27-30-33-36-41-63-42-38-44-65-67(66-54(50(3)4)40-14-12-2)64-43-37-34-31-28-25-26-29-32-35-39-51-45-52(48-57(5,6)55(59)61-9)47-53(46-51)49-58(7,8)56(60)62-10/h12,14,40,45-47H,2,11,13,15-39,41-44,48-49H2,1,3-10H3/b40-14-. The first-order valence-corrected chi connectivity index (χ1v) is 28.0. The van der Waals surface area contributed by atoms with E-state index in [1.165, 1.54) is 155 Å². The maximum Gasteiger partial charge on any atom is 0.397 e. The third-order valence-electron chi connectivity index (χ3n) is 12.5. The second-order valence-corrected chi connectivity index (χ2v) is 21.6. The average Bonchev–Trinajstić information content (AvgIpc) is 3.29. The van der Waals surface area contributed by atoms with Crippen LogP contribution in [0, 0.1) is 10.8 Å². The van der Waals surface area contributed by atoms with Crippen molar-refractivity contribution in [3.63, 3.8) is 0 Å². The van der Waals surface area contributed by atoms with Gasteiger partial charge in [0.2, 0.25) is 0 Å². The lowest BCUT2D eigenvalue weighted by Crippen LogP contribution is -2.29. The van der Waals surface area contributed by atoms with Crippen LogP contribution in [0.2, 0.25) is 0 Å². The number of rotatable bonds is 45. The largest absolute Gasteiger partial charge is 0.469 e. The third-order valence-corrected chi connectivity index (χ3v) is 13.6. The summed E-state index contributed by atoms with van der Waals surface area (Å²) in [5.41, 5.74) is 3.24. The number of carbonyl (C=O) groups is 2. The predicted octanol–water partition coefficient (Wildman–Crippen LogP) is 17.2. The lowest BCUT2D eigenvalue weighted by molar-refractivity contribution is -0.151. The van der Waals surface area contributed by atoms with Crippen LogP contribution in [0.25, 0.3) is 0 Å². The molecule has 0 aromatic heterocycles. The van der Waals surface area contributed by atoms with E-state index in [9.17, 15) is 9.59 Å². The van der Waals surface area contributed by atoms with E-state index in [0.29, 0.717) is 32.7 Å². The number of hydrogen-bond acceptors (Lipinski definition) is 8. The zero-order valence-corrected chi connectivity index (χ0v) is 45.6. The highest BCUT2D eigenvalue weighted by atomic mass is 31.2. The van der Waals surface area contributed by atoms with Crippen LogP contribution in [-0.2, 0) is 56.6 Å². The molecule has 0 N–H and O–H groups in total. The molecule has 8 nitrogen and oxygen atoms in total. The molecule has 1 atom stereocenters. The van der Waals surface area contributed by atoms with Crippen molar-refractivity contribution in [3.8, 4) is 0 Å². The summed E-state index contributed by atoms with van der Waals surface area (Å²) in [6.45, 7) is 20.5. The van der Waals surface area contributed by atoms with Gasteiger partial charge in [-0.05, 0) is 115 Å². The second kappa shape index (κ2) is 40.2. The lowest BCUT2D eigenvalue weighted by Gasteiger charge is -2.24. The van der Waals surface area contributed by atoms with Crippen LogP contribution in [0.4, 0.5) is 0 Å². The third kappa shape index (κ3) is 32.8. The second-order valence-electron chi connectivity index (χ2n) is 20.4. The summed E-state index contributed by atoms with van der Waals surface area (Å²) < 4.78 is 34.7. The summed E-state index contributed by atoms with van der Waals surface area (Å²) in [5, 5.41) is 0. The van der Waals surface area contributed by atoms with Gasteiger partial charge in [0.1, 0.15) is 5.76 Å². The Kier molecular flexibility index (Phi) is 37.5. The molecule has 0 aliphatic rings. The van der Waals surface area contributed by atoms with Gasteiger partial charge in [0, 0.05) is 13.2 Å². The van der Waals surface area contributed by atoms with Crippen molar-refractivity contribution in [3.05, 3.63) is 71.0 Å². The highest BCUT2D eigenvalue weighted by Gasteiger charge is 2.31. The van der Waals surface area contributed by atoms with Gasteiger partial charge >= 0.3 is 20.5 Å². The Morgan fingerprint density at radius 1 is 0.537 bits per heavy atom. The molecule has 1 rings (SSSR count). The van der Waals surface area contributed by atoms with E-state index >= 15 is 0 Å². The highest BCUT2D eigenvalue weighted by Crippen LogP contribution is 2.43. The number of allylic oxidation sites excluding steroid dienone is 4. The van der Waals surface area contributed by atoms with Crippen LogP contribution >= 0.6 is 8.60 Å². The number of unbranched alkanes of at least 4 members (excludes halogenated alkanes) is 23.